The third-order valence-electron chi connectivity index (χ3n) is 4.49. The van der Waals surface area contributed by atoms with Crippen LogP contribution < -0.4 is 5.32 Å². The summed E-state index contributed by atoms with van der Waals surface area (Å²) in [5.74, 6) is -0.352. The van der Waals surface area contributed by atoms with E-state index in [0.717, 1.165) is 27.8 Å². The zero-order valence-electron chi connectivity index (χ0n) is 15.5. The Morgan fingerprint density at radius 2 is 1.86 bits per heavy atom. The Kier molecular flexibility index (Phi) is 5.63. The van der Waals surface area contributed by atoms with Crippen LogP contribution >= 0.6 is 34.9 Å². The van der Waals surface area contributed by atoms with Gasteiger partial charge < -0.3 is 0 Å². The van der Waals surface area contributed by atoms with Crippen LogP contribution in [0.5, 0.6) is 0 Å². The molecule has 2 heterocycles. The minimum absolute atomic E-state index is 0.0401. The number of rotatable bonds is 6. The fourth-order valence-corrected chi connectivity index (χ4v) is 6.30. The number of imide groups is 1. The molecular weight excluding hydrogens is 422 g/mol. The van der Waals surface area contributed by atoms with Gasteiger partial charge in [-0.2, -0.15) is 0 Å². The highest BCUT2D eigenvalue weighted by atomic mass is 32.2. The number of hydrogen-bond acceptors (Lipinski definition) is 6. The molecule has 29 heavy (non-hydrogen) atoms. The van der Waals surface area contributed by atoms with Crippen LogP contribution in [0.15, 0.2) is 70.9 Å². The van der Waals surface area contributed by atoms with Gasteiger partial charge in [0.05, 0.1) is 4.88 Å². The summed E-state index contributed by atoms with van der Waals surface area (Å²) in [5.41, 5.74) is 2.54. The lowest BCUT2D eigenvalue weighted by Crippen LogP contribution is -2.35. The standard InChI is InChI=1S/C22H17NO3S3/c1-14-7-9-17(10-8-14)28-22(20(25)23-21(26)29-22)13-15-4-2-5-16(12-15)19(24)18-6-3-11-27-18/h2-12H,13H2,1H3,(H,23,25,26). The number of thioether (sulfide) groups is 2. The minimum atomic E-state index is -1.00. The topological polar surface area (TPSA) is 63.2 Å². The van der Waals surface area contributed by atoms with E-state index in [0.29, 0.717) is 16.9 Å². The van der Waals surface area contributed by atoms with Gasteiger partial charge in [-0.25, -0.2) is 0 Å². The van der Waals surface area contributed by atoms with E-state index in [1.54, 1.807) is 12.1 Å². The van der Waals surface area contributed by atoms with Crippen LogP contribution in [-0.2, 0) is 11.2 Å². The lowest BCUT2D eigenvalue weighted by atomic mass is 10.0. The Hall–Kier alpha value is -2.35. The summed E-state index contributed by atoms with van der Waals surface area (Å²) in [4.78, 5) is 39.0. The van der Waals surface area contributed by atoms with E-state index in [2.05, 4.69) is 5.32 Å². The van der Waals surface area contributed by atoms with Crippen LogP contribution in [0, 0.1) is 6.92 Å². The third kappa shape index (κ3) is 4.32. The molecule has 4 rings (SSSR count). The number of benzene rings is 2. The Bertz CT molecular complexity index is 1080. The van der Waals surface area contributed by atoms with Crippen molar-refractivity contribution in [1.82, 2.24) is 5.32 Å². The summed E-state index contributed by atoms with van der Waals surface area (Å²) in [6, 6.07) is 18.8. The van der Waals surface area contributed by atoms with Gasteiger partial charge in [0.1, 0.15) is 0 Å². The molecule has 1 fully saturated rings. The van der Waals surface area contributed by atoms with Crippen molar-refractivity contribution in [3.05, 3.63) is 87.6 Å². The van der Waals surface area contributed by atoms with Gasteiger partial charge in [0, 0.05) is 16.9 Å². The van der Waals surface area contributed by atoms with Crippen molar-refractivity contribution in [2.24, 2.45) is 0 Å². The van der Waals surface area contributed by atoms with Crippen molar-refractivity contribution in [1.29, 1.82) is 0 Å². The van der Waals surface area contributed by atoms with Crippen LogP contribution in [-0.4, -0.2) is 21.0 Å². The van der Waals surface area contributed by atoms with Crippen LogP contribution in [0.1, 0.15) is 26.4 Å². The van der Waals surface area contributed by atoms with Gasteiger partial charge in [-0.3, -0.25) is 19.7 Å². The molecule has 0 aliphatic carbocycles. The maximum Gasteiger partial charge on any atom is 0.287 e. The molecule has 1 aliphatic rings. The van der Waals surface area contributed by atoms with E-state index in [9.17, 15) is 14.4 Å². The van der Waals surface area contributed by atoms with Gasteiger partial charge in [0.25, 0.3) is 11.1 Å². The number of nitrogens with one attached hydrogen (secondary N) is 1. The van der Waals surface area contributed by atoms with Crippen molar-refractivity contribution in [3.63, 3.8) is 0 Å². The lowest BCUT2D eigenvalue weighted by Gasteiger charge is -2.24. The maximum atomic E-state index is 12.7. The zero-order chi connectivity index (χ0) is 20.4. The number of carbonyl (C=O) groups excluding carboxylic acids is 3. The smallest absolute Gasteiger partial charge is 0.287 e. The largest absolute Gasteiger partial charge is 0.288 e. The van der Waals surface area contributed by atoms with E-state index >= 15 is 0 Å². The molecule has 146 valence electrons. The molecule has 1 aliphatic heterocycles. The Balaban J connectivity index is 1.64. The Morgan fingerprint density at radius 3 is 2.52 bits per heavy atom. The lowest BCUT2D eigenvalue weighted by molar-refractivity contribution is -0.119. The minimum Gasteiger partial charge on any atom is -0.288 e. The molecule has 0 bridgehead atoms. The summed E-state index contributed by atoms with van der Waals surface area (Å²) >= 11 is 3.78. The SMILES string of the molecule is Cc1ccc(SC2(Cc3cccc(C(=O)c4cccs4)c3)SC(=O)NC2=O)cc1. The maximum absolute atomic E-state index is 12.7. The van der Waals surface area contributed by atoms with Crippen LogP contribution in [0.3, 0.4) is 0 Å². The van der Waals surface area contributed by atoms with Crippen LogP contribution in [0.2, 0.25) is 0 Å². The number of amides is 2. The second-order valence-corrected chi connectivity index (χ2v) is 10.5. The van der Waals surface area contributed by atoms with Crippen molar-refractivity contribution >= 4 is 51.8 Å². The van der Waals surface area contributed by atoms with Gasteiger partial charge in [0.15, 0.2) is 4.08 Å². The van der Waals surface area contributed by atoms with Gasteiger partial charge in [-0.05, 0) is 53.9 Å². The highest BCUT2D eigenvalue weighted by molar-refractivity contribution is 8.27. The Labute approximate surface area is 181 Å². The number of carbonyl (C=O) groups is 3. The first kappa shape index (κ1) is 19.9. The average molecular weight is 440 g/mol. The summed E-state index contributed by atoms with van der Waals surface area (Å²) < 4.78 is -1.00. The van der Waals surface area contributed by atoms with Crippen LogP contribution in [0.25, 0.3) is 0 Å². The zero-order valence-corrected chi connectivity index (χ0v) is 18.0. The van der Waals surface area contributed by atoms with Crippen molar-refractivity contribution in [2.75, 3.05) is 0 Å². The molecule has 1 atom stereocenters. The second kappa shape index (κ2) is 8.18. The van der Waals surface area contributed by atoms with E-state index < -0.39 is 4.08 Å². The highest BCUT2D eigenvalue weighted by Crippen LogP contribution is 2.48. The molecule has 3 aromatic rings. The molecule has 1 saturated heterocycles. The Morgan fingerprint density at radius 1 is 1.07 bits per heavy atom. The molecule has 0 radical (unpaired) electrons. The molecule has 1 aromatic heterocycles. The average Bonchev–Trinajstić information content (AvgIpc) is 3.32. The van der Waals surface area contributed by atoms with Gasteiger partial charge in [-0.15, -0.1) is 11.3 Å². The first-order chi connectivity index (χ1) is 13.9. The fraction of sp³-hybridized carbons (Fsp3) is 0.136. The summed E-state index contributed by atoms with van der Waals surface area (Å²) in [7, 11) is 0. The molecule has 4 nitrogen and oxygen atoms in total. The highest BCUT2D eigenvalue weighted by Gasteiger charge is 2.49. The molecule has 2 amide bonds. The van der Waals surface area contributed by atoms with E-state index in [-0.39, 0.29) is 16.9 Å². The van der Waals surface area contributed by atoms with Crippen molar-refractivity contribution in [2.45, 2.75) is 22.3 Å². The summed E-state index contributed by atoms with van der Waals surface area (Å²) in [6.07, 6.45) is 0.333. The first-order valence-electron chi connectivity index (χ1n) is 8.92. The van der Waals surface area contributed by atoms with Crippen molar-refractivity contribution in [3.8, 4) is 0 Å². The second-order valence-electron chi connectivity index (χ2n) is 6.70. The normalized spacial score (nSPS) is 18.7. The molecule has 1 N–H and O–H groups in total. The molecule has 2 aromatic carbocycles. The quantitative estimate of drug-likeness (QED) is 0.528. The molecule has 7 heteroatoms. The van der Waals surface area contributed by atoms with E-state index in [4.69, 9.17) is 0 Å². The van der Waals surface area contributed by atoms with Gasteiger partial charge in [0.2, 0.25) is 5.78 Å². The van der Waals surface area contributed by atoms with E-state index in [1.165, 1.54) is 23.1 Å². The number of ketones is 1. The summed E-state index contributed by atoms with van der Waals surface area (Å²) in [5, 5.41) is 3.94. The predicted octanol–water partition coefficient (Wildman–Crippen LogP) is 5.30. The van der Waals surface area contributed by atoms with Gasteiger partial charge in [-0.1, -0.05) is 53.7 Å². The summed E-state index contributed by atoms with van der Waals surface area (Å²) in [6.45, 7) is 2.00. The van der Waals surface area contributed by atoms with E-state index in [1.807, 2.05) is 60.8 Å². The van der Waals surface area contributed by atoms with Gasteiger partial charge >= 0.3 is 0 Å². The molecule has 0 saturated carbocycles. The monoisotopic (exact) mass is 439 g/mol. The number of hydrogen-bond donors (Lipinski definition) is 1. The molecule has 0 spiro atoms. The number of thiophene rings is 1. The van der Waals surface area contributed by atoms with Crippen molar-refractivity contribution < 1.29 is 14.4 Å². The fourth-order valence-electron chi connectivity index (χ4n) is 3.07. The number of aryl methyl sites for hydroxylation is 1. The van der Waals surface area contributed by atoms with Crippen LogP contribution in [0.4, 0.5) is 4.79 Å². The third-order valence-corrected chi connectivity index (χ3v) is 7.98. The molecular formula is C22H17NO3S3. The predicted molar refractivity (Wildman–Crippen MR) is 119 cm³/mol. The molecule has 1 unspecified atom stereocenters. The first-order valence-corrected chi connectivity index (χ1v) is 11.4.